The fourth-order valence-corrected chi connectivity index (χ4v) is 8.01. The molecule has 3 heterocycles. The first-order valence-electron chi connectivity index (χ1n) is 14.0. The Kier molecular flexibility index (Phi) is 6.77. The van der Waals surface area contributed by atoms with Gasteiger partial charge in [-0.25, -0.2) is 13.8 Å². The molecule has 0 unspecified atom stereocenters. The number of fused-ring (bicyclic) bond motifs is 2. The highest BCUT2D eigenvalue weighted by molar-refractivity contribution is 6.29. The monoisotopic (exact) mass is 527 g/mol. The van der Waals surface area contributed by atoms with Crippen molar-refractivity contribution in [2.24, 2.45) is 11.8 Å². The molecule has 4 nitrogen and oxygen atoms in total. The number of halogens is 3. The number of hydrogen-bond acceptors (Lipinski definition) is 3. The summed E-state index contributed by atoms with van der Waals surface area (Å²) in [4.78, 5) is 21.2. The molecular formula is C30H36ClF2N3O. The maximum Gasteiger partial charge on any atom is 0.248 e. The molecule has 1 N–H and O–H groups in total. The maximum atomic E-state index is 14.5. The second-order valence-corrected chi connectivity index (χ2v) is 12.1. The van der Waals surface area contributed by atoms with Gasteiger partial charge in [0.1, 0.15) is 5.15 Å². The predicted molar refractivity (Wildman–Crippen MR) is 141 cm³/mol. The summed E-state index contributed by atoms with van der Waals surface area (Å²) < 4.78 is 28.2. The first-order valence-corrected chi connectivity index (χ1v) is 14.3. The number of hydrogen-bond donors (Lipinski definition) is 1. The summed E-state index contributed by atoms with van der Waals surface area (Å²) >= 11 is 6.23. The molecule has 4 aliphatic rings. The van der Waals surface area contributed by atoms with E-state index in [4.69, 9.17) is 11.6 Å². The van der Waals surface area contributed by atoms with E-state index in [9.17, 15) is 13.6 Å². The Morgan fingerprint density at radius 2 is 1.84 bits per heavy atom. The number of benzene rings is 1. The van der Waals surface area contributed by atoms with Gasteiger partial charge >= 0.3 is 0 Å². The Hall–Kier alpha value is -2.05. The lowest BCUT2D eigenvalue weighted by Gasteiger charge is -2.48. The summed E-state index contributed by atoms with van der Waals surface area (Å²) in [5.41, 5.74) is 3.21. The quantitative estimate of drug-likeness (QED) is 0.488. The van der Waals surface area contributed by atoms with Gasteiger partial charge in [0.05, 0.1) is 5.92 Å². The van der Waals surface area contributed by atoms with E-state index in [2.05, 4.69) is 45.5 Å². The third-order valence-electron chi connectivity index (χ3n) is 9.77. The van der Waals surface area contributed by atoms with Crippen LogP contribution in [0, 0.1) is 11.8 Å². The molecule has 1 amide bonds. The van der Waals surface area contributed by atoms with Crippen LogP contribution in [0.4, 0.5) is 8.78 Å². The van der Waals surface area contributed by atoms with Crippen LogP contribution in [0.25, 0.3) is 0 Å². The van der Waals surface area contributed by atoms with Crippen molar-refractivity contribution in [1.29, 1.82) is 0 Å². The number of carbonyl (C=O) groups is 1. The van der Waals surface area contributed by atoms with Crippen molar-refractivity contribution in [3.05, 3.63) is 64.4 Å². The van der Waals surface area contributed by atoms with Crippen LogP contribution in [0.1, 0.15) is 74.1 Å². The van der Waals surface area contributed by atoms with Crippen LogP contribution in [-0.2, 0) is 16.6 Å². The van der Waals surface area contributed by atoms with Gasteiger partial charge in [0, 0.05) is 49.6 Å². The summed E-state index contributed by atoms with van der Waals surface area (Å²) in [7, 11) is 0. The summed E-state index contributed by atoms with van der Waals surface area (Å²) in [5, 5.41) is 4.04. The van der Waals surface area contributed by atoms with E-state index < -0.39 is 5.92 Å². The molecule has 0 radical (unpaired) electrons. The lowest BCUT2D eigenvalue weighted by atomic mass is 9.64. The van der Waals surface area contributed by atoms with Crippen molar-refractivity contribution in [2.75, 3.05) is 19.6 Å². The third-order valence-corrected chi connectivity index (χ3v) is 9.98. The normalized spacial score (nSPS) is 31.9. The van der Waals surface area contributed by atoms with Gasteiger partial charge in [-0.2, -0.15) is 0 Å². The number of alkyl halides is 2. The van der Waals surface area contributed by atoms with Gasteiger partial charge in [0.15, 0.2) is 0 Å². The van der Waals surface area contributed by atoms with Crippen LogP contribution in [-0.4, -0.2) is 47.4 Å². The minimum absolute atomic E-state index is 0.00612. The zero-order valence-electron chi connectivity index (χ0n) is 21.3. The van der Waals surface area contributed by atoms with Gasteiger partial charge < -0.3 is 10.2 Å². The Labute approximate surface area is 223 Å². The number of aromatic nitrogens is 1. The number of amides is 1. The fourth-order valence-electron chi connectivity index (χ4n) is 7.85. The molecule has 4 atom stereocenters. The SMILES string of the molecule is O=C([C@@H]1CNC[C@]12CCCc1nc(Cl)ccc12)N1CC[C@@H](c2ccccc2)C[C@H]1C1CCC(F)(F)CC1. The molecule has 7 heteroatoms. The van der Waals surface area contributed by atoms with Crippen LogP contribution in [0.3, 0.4) is 0 Å². The molecule has 0 bridgehead atoms. The van der Waals surface area contributed by atoms with E-state index in [-0.39, 0.29) is 42.0 Å². The molecule has 1 spiro atoms. The molecule has 1 saturated carbocycles. The van der Waals surface area contributed by atoms with Crippen LogP contribution in [0.5, 0.6) is 0 Å². The highest BCUT2D eigenvalue weighted by Crippen LogP contribution is 2.48. The summed E-state index contributed by atoms with van der Waals surface area (Å²) in [6.07, 6.45) is 5.44. The lowest BCUT2D eigenvalue weighted by Crippen LogP contribution is -2.55. The van der Waals surface area contributed by atoms with Crippen LogP contribution < -0.4 is 5.32 Å². The van der Waals surface area contributed by atoms with Gasteiger partial charge in [-0.15, -0.1) is 0 Å². The molecule has 1 aromatic heterocycles. The average molecular weight is 528 g/mol. The highest BCUT2D eigenvalue weighted by atomic mass is 35.5. The minimum Gasteiger partial charge on any atom is -0.339 e. The Balaban J connectivity index is 1.30. The number of aryl methyl sites for hydroxylation is 1. The number of likely N-dealkylation sites (tertiary alicyclic amines) is 1. The van der Waals surface area contributed by atoms with Gasteiger partial charge in [-0.3, -0.25) is 4.79 Å². The molecular weight excluding hydrogens is 492 g/mol. The molecule has 2 saturated heterocycles. The van der Waals surface area contributed by atoms with Crippen molar-refractivity contribution in [3.8, 4) is 0 Å². The number of nitrogens with one attached hydrogen (secondary N) is 1. The maximum absolute atomic E-state index is 14.5. The van der Waals surface area contributed by atoms with Gasteiger partial charge in [0.25, 0.3) is 0 Å². The number of piperidine rings is 1. The lowest BCUT2D eigenvalue weighted by molar-refractivity contribution is -0.144. The minimum atomic E-state index is -2.57. The van der Waals surface area contributed by atoms with Crippen LogP contribution in [0.15, 0.2) is 42.5 Å². The summed E-state index contributed by atoms with van der Waals surface area (Å²) in [6.45, 7) is 2.10. The Bertz CT molecular complexity index is 1130. The van der Waals surface area contributed by atoms with Gasteiger partial charge in [-0.05, 0) is 74.0 Å². The fraction of sp³-hybridized carbons (Fsp3) is 0.600. The molecule has 1 aromatic carbocycles. The number of carbonyl (C=O) groups excluding carboxylic acids is 1. The van der Waals surface area contributed by atoms with Crippen molar-refractivity contribution >= 4 is 17.5 Å². The zero-order valence-corrected chi connectivity index (χ0v) is 22.0. The molecule has 2 aliphatic heterocycles. The molecule has 37 heavy (non-hydrogen) atoms. The second kappa shape index (κ2) is 9.92. The number of rotatable bonds is 3. The highest BCUT2D eigenvalue weighted by Gasteiger charge is 2.53. The molecule has 2 aromatic rings. The second-order valence-electron chi connectivity index (χ2n) is 11.7. The first-order chi connectivity index (χ1) is 17.9. The Morgan fingerprint density at radius 3 is 2.62 bits per heavy atom. The molecule has 6 rings (SSSR count). The topological polar surface area (TPSA) is 45.2 Å². The van der Waals surface area contributed by atoms with E-state index in [0.29, 0.717) is 37.0 Å². The standard InChI is InChI=1S/C30H36ClF2N3O/c31-27-9-8-23-25(35-27)7-4-13-29(23)19-34-18-24(29)28(37)36-16-12-22(20-5-2-1-3-6-20)17-26(36)21-10-14-30(32,33)15-11-21/h1-3,5-6,8-9,21-22,24,26,34H,4,7,10-19H2/t22-,24+,26+,29+/m1/s1. The van der Waals surface area contributed by atoms with E-state index in [1.54, 1.807) is 0 Å². The predicted octanol–water partition coefficient (Wildman–Crippen LogP) is 6.13. The van der Waals surface area contributed by atoms with Gasteiger partial charge in [-0.1, -0.05) is 48.0 Å². The summed E-state index contributed by atoms with van der Waals surface area (Å²) in [6, 6.07) is 14.4. The van der Waals surface area contributed by atoms with Crippen molar-refractivity contribution in [1.82, 2.24) is 15.2 Å². The zero-order chi connectivity index (χ0) is 25.6. The van der Waals surface area contributed by atoms with Crippen LogP contribution in [0.2, 0.25) is 5.15 Å². The Morgan fingerprint density at radius 1 is 1.05 bits per heavy atom. The van der Waals surface area contributed by atoms with E-state index in [0.717, 1.165) is 44.3 Å². The van der Waals surface area contributed by atoms with Crippen molar-refractivity contribution < 1.29 is 13.6 Å². The van der Waals surface area contributed by atoms with Gasteiger partial charge in [0.2, 0.25) is 11.8 Å². The molecule has 3 fully saturated rings. The summed E-state index contributed by atoms with van der Waals surface area (Å²) in [5.74, 6) is -2.06. The van der Waals surface area contributed by atoms with Crippen molar-refractivity contribution in [3.63, 3.8) is 0 Å². The largest absolute Gasteiger partial charge is 0.339 e. The third kappa shape index (κ3) is 4.69. The molecule has 198 valence electrons. The van der Waals surface area contributed by atoms with E-state index in [1.807, 2.05) is 12.1 Å². The first kappa shape index (κ1) is 25.2. The van der Waals surface area contributed by atoms with E-state index >= 15 is 0 Å². The number of nitrogens with zero attached hydrogens (tertiary/aromatic N) is 2. The van der Waals surface area contributed by atoms with Crippen molar-refractivity contribution in [2.45, 2.75) is 81.1 Å². The smallest absolute Gasteiger partial charge is 0.248 e. The van der Waals surface area contributed by atoms with E-state index in [1.165, 1.54) is 11.1 Å². The average Bonchev–Trinajstić information content (AvgIpc) is 3.32. The molecule has 2 aliphatic carbocycles. The van der Waals surface area contributed by atoms with Crippen LogP contribution >= 0.6 is 11.6 Å². The number of pyridine rings is 1.